The van der Waals surface area contributed by atoms with Gasteiger partial charge < -0.3 is 5.32 Å². The Morgan fingerprint density at radius 1 is 1.21 bits per heavy atom. The van der Waals surface area contributed by atoms with Gasteiger partial charge >= 0.3 is 0 Å². The molecule has 6 nitrogen and oxygen atoms in total. The van der Waals surface area contributed by atoms with Crippen LogP contribution in [0.15, 0.2) is 24.3 Å². The van der Waals surface area contributed by atoms with Crippen molar-refractivity contribution in [2.75, 3.05) is 0 Å². The number of carbonyl (C=O) groups excluding carboxylic acids is 1. The molecule has 0 saturated carbocycles. The molecule has 1 unspecified atom stereocenters. The van der Waals surface area contributed by atoms with Crippen molar-refractivity contribution >= 4 is 17.5 Å². The zero-order chi connectivity index (χ0) is 17.5. The molecule has 2 rings (SSSR count). The Morgan fingerprint density at radius 2 is 1.92 bits per heavy atom. The highest BCUT2D eigenvalue weighted by molar-refractivity contribution is 6.30. The zero-order valence-electron chi connectivity index (χ0n) is 14.4. The van der Waals surface area contributed by atoms with Crippen molar-refractivity contribution in [2.24, 2.45) is 5.92 Å². The van der Waals surface area contributed by atoms with Crippen LogP contribution in [0.3, 0.4) is 0 Å². The first kappa shape index (κ1) is 18.4. The number of hydrogen-bond donors (Lipinski definition) is 1. The molecule has 24 heavy (non-hydrogen) atoms. The van der Waals surface area contributed by atoms with Gasteiger partial charge in [0.2, 0.25) is 11.7 Å². The third-order valence-electron chi connectivity index (χ3n) is 3.67. The lowest BCUT2D eigenvalue weighted by Crippen LogP contribution is -2.35. The molecule has 0 radical (unpaired) electrons. The summed E-state index contributed by atoms with van der Waals surface area (Å²) in [7, 11) is 0. The maximum atomic E-state index is 12.1. The lowest BCUT2D eigenvalue weighted by molar-refractivity contribution is -0.122. The van der Waals surface area contributed by atoms with E-state index in [0.717, 1.165) is 18.4 Å². The van der Waals surface area contributed by atoms with Crippen LogP contribution >= 0.6 is 11.6 Å². The number of rotatable bonds is 8. The fourth-order valence-corrected chi connectivity index (χ4v) is 2.50. The maximum Gasteiger partial charge on any atom is 0.243 e. The summed E-state index contributed by atoms with van der Waals surface area (Å²) in [5.74, 6) is 1.06. The van der Waals surface area contributed by atoms with Crippen LogP contribution in [0.5, 0.6) is 0 Å². The van der Waals surface area contributed by atoms with E-state index in [0.29, 0.717) is 16.8 Å². The van der Waals surface area contributed by atoms with Gasteiger partial charge in [-0.15, -0.1) is 10.2 Å². The van der Waals surface area contributed by atoms with E-state index < -0.39 is 0 Å². The molecule has 130 valence electrons. The standard InChI is InChI=1S/C17H24ClN5O/c1-12(2)5-4-6-13(3)19-16(24)11-23-21-17(20-22-23)14-7-9-15(18)10-8-14/h7-10,12-13H,4-6,11H2,1-3H3,(H,19,24). The summed E-state index contributed by atoms with van der Waals surface area (Å²) < 4.78 is 0. The molecule has 1 aromatic carbocycles. The molecule has 1 N–H and O–H groups in total. The van der Waals surface area contributed by atoms with Crippen molar-refractivity contribution in [1.29, 1.82) is 0 Å². The van der Waals surface area contributed by atoms with Crippen molar-refractivity contribution < 1.29 is 4.79 Å². The fourth-order valence-electron chi connectivity index (χ4n) is 2.38. The molecule has 0 aliphatic rings. The average molecular weight is 350 g/mol. The molecule has 0 bridgehead atoms. The minimum atomic E-state index is -0.105. The lowest BCUT2D eigenvalue weighted by atomic mass is 10.0. The van der Waals surface area contributed by atoms with E-state index in [1.54, 1.807) is 12.1 Å². The topological polar surface area (TPSA) is 72.7 Å². The predicted octanol–water partition coefficient (Wildman–Crippen LogP) is 3.32. The molecule has 0 aliphatic carbocycles. The summed E-state index contributed by atoms with van der Waals surface area (Å²) >= 11 is 5.86. The highest BCUT2D eigenvalue weighted by atomic mass is 35.5. The van der Waals surface area contributed by atoms with Gasteiger partial charge in [0.1, 0.15) is 6.54 Å². The minimum Gasteiger partial charge on any atom is -0.352 e. The Labute approximate surface area is 147 Å². The summed E-state index contributed by atoms with van der Waals surface area (Å²) in [6, 6.07) is 7.32. The molecular weight excluding hydrogens is 326 g/mol. The average Bonchev–Trinajstić information content (AvgIpc) is 2.95. The van der Waals surface area contributed by atoms with Gasteiger partial charge in [-0.2, -0.15) is 4.80 Å². The normalized spacial score (nSPS) is 12.4. The largest absolute Gasteiger partial charge is 0.352 e. The maximum absolute atomic E-state index is 12.1. The Kier molecular flexibility index (Phi) is 6.73. The van der Waals surface area contributed by atoms with E-state index in [1.165, 1.54) is 11.2 Å². The predicted molar refractivity (Wildman–Crippen MR) is 94.6 cm³/mol. The van der Waals surface area contributed by atoms with Crippen molar-refractivity contribution in [3.05, 3.63) is 29.3 Å². The van der Waals surface area contributed by atoms with E-state index in [9.17, 15) is 4.79 Å². The molecule has 7 heteroatoms. The third kappa shape index (κ3) is 5.92. The van der Waals surface area contributed by atoms with Crippen LogP contribution in [-0.4, -0.2) is 32.2 Å². The SMILES string of the molecule is CC(C)CCCC(C)NC(=O)Cn1nnc(-c2ccc(Cl)cc2)n1. The summed E-state index contributed by atoms with van der Waals surface area (Å²) in [6.45, 7) is 6.50. The first-order valence-electron chi connectivity index (χ1n) is 8.27. The highest BCUT2D eigenvalue weighted by Gasteiger charge is 2.11. The van der Waals surface area contributed by atoms with Crippen LogP contribution in [0, 0.1) is 5.92 Å². The second-order valence-corrected chi connectivity index (χ2v) is 6.88. The molecule has 1 heterocycles. The smallest absolute Gasteiger partial charge is 0.243 e. The van der Waals surface area contributed by atoms with E-state index in [2.05, 4.69) is 34.6 Å². The van der Waals surface area contributed by atoms with Crippen molar-refractivity contribution in [2.45, 2.75) is 52.6 Å². The molecule has 0 spiro atoms. The number of amides is 1. The van der Waals surface area contributed by atoms with Gasteiger partial charge in [-0.05, 0) is 48.7 Å². The zero-order valence-corrected chi connectivity index (χ0v) is 15.1. The number of benzene rings is 1. The summed E-state index contributed by atoms with van der Waals surface area (Å²) in [5, 5.41) is 15.8. The third-order valence-corrected chi connectivity index (χ3v) is 3.92. The van der Waals surface area contributed by atoms with Crippen LogP contribution in [0.2, 0.25) is 5.02 Å². The Bertz CT molecular complexity index is 653. The molecular formula is C17H24ClN5O. The highest BCUT2D eigenvalue weighted by Crippen LogP contribution is 2.16. The van der Waals surface area contributed by atoms with Crippen molar-refractivity contribution in [1.82, 2.24) is 25.5 Å². The van der Waals surface area contributed by atoms with Gasteiger partial charge in [0.15, 0.2) is 0 Å². The number of hydrogen-bond acceptors (Lipinski definition) is 4. The molecule has 1 aromatic heterocycles. The van der Waals surface area contributed by atoms with E-state index in [1.807, 2.05) is 19.1 Å². The summed E-state index contributed by atoms with van der Waals surface area (Å²) in [6.07, 6.45) is 3.27. The van der Waals surface area contributed by atoms with Gasteiger partial charge in [-0.3, -0.25) is 4.79 Å². The molecule has 1 atom stereocenters. The van der Waals surface area contributed by atoms with E-state index in [4.69, 9.17) is 11.6 Å². The van der Waals surface area contributed by atoms with E-state index in [-0.39, 0.29) is 18.5 Å². The number of nitrogens with zero attached hydrogens (tertiary/aromatic N) is 4. The summed E-state index contributed by atoms with van der Waals surface area (Å²) in [5.41, 5.74) is 0.813. The first-order valence-corrected chi connectivity index (χ1v) is 8.65. The molecule has 2 aromatic rings. The number of nitrogens with one attached hydrogen (secondary N) is 1. The van der Waals surface area contributed by atoms with Crippen LogP contribution in [0.1, 0.15) is 40.0 Å². The minimum absolute atomic E-state index is 0.0646. The van der Waals surface area contributed by atoms with E-state index >= 15 is 0 Å². The monoisotopic (exact) mass is 349 g/mol. The van der Waals surface area contributed by atoms with Crippen molar-refractivity contribution in [3.63, 3.8) is 0 Å². The van der Waals surface area contributed by atoms with Gasteiger partial charge in [0, 0.05) is 16.6 Å². The lowest BCUT2D eigenvalue weighted by Gasteiger charge is -2.14. The van der Waals surface area contributed by atoms with Crippen LogP contribution in [0.25, 0.3) is 11.4 Å². The number of carbonyl (C=O) groups is 1. The van der Waals surface area contributed by atoms with Crippen LogP contribution in [-0.2, 0) is 11.3 Å². The summed E-state index contributed by atoms with van der Waals surface area (Å²) in [4.78, 5) is 13.4. The van der Waals surface area contributed by atoms with Gasteiger partial charge in [-0.1, -0.05) is 38.3 Å². The first-order chi connectivity index (χ1) is 11.4. The number of tetrazole rings is 1. The van der Waals surface area contributed by atoms with Gasteiger partial charge in [0.05, 0.1) is 0 Å². The number of aromatic nitrogens is 4. The molecule has 0 aliphatic heterocycles. The number of halogens is 1. The molecule has 1 amide bonds. The van der Waals surface area contributed by atoms with Crippen LogP contribution < -0.4 is 5.32 Å². The second-order valence-electron chi connectivity index (χ2n) is 6.44. The van der Waals surface area contributed by atoms with Gasteiger partial charge in [-0.25, -0.2) is 0 Å². The Morgan fingerprint density at radius 3 is 2.58 bits per heavy atom. The molecule has 0 saturated heterocycles. The Hall–Kier alpha value is -1.95. The molecule has 0 fully saturated rings. The van der Waals surface area contributed by atoms with Crippen molar-refractivity contribution in [3.8, 4) is 11.4 Å². The second kappa shape index (κ2) is 8.78. The fraction of sp³-hybridized carbons (Fsp3) is 0.529. The Balaban J connectivity index is 1.83. The van der Waals surface area contributed by atoms with Gasteiger partial charge in [0.25, 0.3) is 0 Å². The quantitative estimate of drug-likeness (QED) is 0.793. The van der Waals surface area contributed by atoms with Crippen LogP contribution in [0.4, 0.5) is 0 Å².